The van der Waals surface area contributed by atoms with Gasteiger partial charge in [-0.05, 0) is 135 Å². The van der Waals surface area contributed by atoms with Gasteiger partial charge in [0.1, 0.15) is 13.2 Å². The second-order valence-corrected chi connectivity index (χ2v) is 20.9. The smallest absolute Gasteiger partial charge is 0.306 e. The average Bonchev–Trinajstić information content (AvgIpc) is 3.43. The Hall–Kier alpha value is -4.19. The van der Waals surface area contributed by atoms with E-state index in [9.17, 15) is 14.4 Å². The van der Waals surface area contributed by atoms with E-state index in [1.807, 2.05) is 0 Å². The summed E-state index contributed by atoms with van der Waals surface area (Å²) in [7, 11) is 0. The number of rotatable bonds is 57. The molecule has 1 atom stereocenters. The molecular weight excluding hydrogens is 949 g/mol. The first-order valence-electron chi connectivity index (χ1n) is 32.0. The van der Waals surface area contributed by atoms with E-state index in [-0.39, 0.29) is 31.1 Å². The van der Waals surface area contributed by atoms with Crippen molar-refractivity contribution in [1.29, 1.82) is 0 Å². The summed E-state index contributed by atoms with van der Waals surface area (Å²) in [5.41, 5.74) is 0. The standard InChI is InChI=1S/C71H118O6/c1-4-7-10-13-16-19-22-25-27-29-31-33-34-35-36-38-39-41-43-46-49-52-55-58-61-64-70(73)76-67-68(66-75-69(72)63-60-57-54-51-48-45-24-21-18-15-12-9-6-3)77-71(74)65-62-59-56-53-50-47-44-42-40-37-32-30-28-26-23-20-17-14-11-8-5-2/h7,10,16,19,21,23-27,30-33,35-36,39,41,46,49,68H,4-6,8-9,11-15,17-18,20,22,28-29,34,37-38,40,42-45,47-48,50-67H2,1-3H3/b10-7-,19-16-,24-21-,26-23-,27-25-,32-30-,33-31-,36-35-,41-39-,49-46-. The van der Waals surface area contributed by atoms with Crippen molar-refractivity contribution in [3.63, 3.8) is 0 Å². The van der Waals surface area contributed by atoms with Crippen molar-refractivity contribution >= 4 is 17.9 Å². The van der Waals surface area contributed by atoms with Crippen LogP contribution in [0.5, 0.6) is 0 Å². The summed E-state index contributed by atoms with van der Waals surface area (Å²) in [6, 6.07) is 0. The lowest BCUT2D eigenvalue weighted by Gasteiger charge is -2.18. The number of hydrogen-bond donors (Lipinski definition) is 0. The third-order valence-corrected chi connectivity index (χ3v) is 13.4. The number of unbranched alkanes of at least 4 members (excludes halogenated alkanes) is 26. The summed E-state index contributed by atoms with van der Waals surface area (Å²) in [6.07, 6.45) is 89.1. The van der Waals surface area contributed by atoms with Gasteiger partial charge in [0.15, 0.2) is 6.10 Å². The van der Waals surface area contributed by atoms with Crippen LogP contribution < -0.4 is 0 Å². The molecule has 0 aromatic rings. The zero-order valence-electron chi connectivity index (χ0n) is 50.2. The predicted octanol–water partition coefficient (Wildman–Crippen LogP) is 22.0. The second-order valence-electron chi connectivity index (χ2n) is 20.9. The SMILES string of the molecule is CC/C=C\C/C=C\C/C=C\C/C=C\C/C=C\C/C=C\C/C=C\CCCCCC(=O)OCC(COC(=O)CCCCCCC/C=C\CCCCCC)OC(=O)CCCCCCCCCCC/C=C\C/C=C\CCCCCCC. The van der Waals surface area contributed by atoms with E-state index in [0.717, 1.165) is 128 Å². The van der Waals surface area contributed by atoms with Crippen molar-refractivity contribution < 1.29 is 28.6 Å². The van der Waals surface area contributed by atoms with Crippen LogP contribution in [0.4, 0.5) is 0 Å². The van der Waals surface area contributed by atoms with Gasteiger partial charge in [0.05, 0.1) is 0 Å². The normalized spacial score (nSPS) is 12.9. The Morgan fingerprint density at radius 2 is 0.506 bits per heavy atom. The minimum absolute atomic E-state index is 0.0967. The molecule has 0 fully saturated rings. The minimum Gasteiger partial charge on any atom is -0.462 e. The fraction of sp³-hybridized carbons (Fsp3) is 0.676. The van der Waals surface area contributed by atoms with Gasteiger partial charge in [0.2, 0.25) is 0 Å². The van der Waals surface area contributed by atoms with Crippen LogP contribution in [0.1, 0.15) is 290 Å². The lowest BCUT2D eigenvalue weighted by Crippen LogP contribution is -2.30. The maximum absolute atomic E-state index is 12.9. The fourth-order valence-electron chi connectivity index (χ4n) is 8.62. The molecule has 0 aliphatic carbocycles. The molecule has 0 saturated heterocycles. The number of carbonyl (C=O) groups excluding carboxylic acids is 3. The minimum atomic E-state index is -0.802. The van der Waals surface area contributed by atoms with E-state index in [0.29, 0.717) is 19.3 Å². The van der Waals surface area contributed by atoms with Crippen LogP contribution >= 0.6 is 0 Å². The molecule has 0 N–H and O–H groups in total. The van der Waals surface area contributed by atoms with Crippen molar-refractivity contribution in [2.45, 2.75) is 297 Å². The Morgan fingerprint density at radius 3 is 0.831 bits per heavy atom. The molecule has 0 rings (SSSR count). The molecule has 0 bridgehead atoms. The summed E-state index contributed by atoms with van der Waals surface area (Å²) < 4.78 is 16.9. The van der Waals surface area contributed by atoms with Gasteiger partial charge in [-0.25, -0.2) is 0 Å². The number of allylic oxidation sites excluding steroid dienone is 20. The molecule has 0 radical (unpaired) electrons. The molecular formula is C71H118O6. The first-order chi connectivity index (χ1) is 38.0. The molecule has 0 amide bonds. The van der Waals surface area contributed by atoms with Crippen molar-refractivity contribution in [2.24, 2.45) is 0 Å². The van der Waals surface area contributed by atoms with Crippen LogP contribution in [-0.4, -0.2) is 37.2 Å². The lowest BCUT2D eigenvalue weighted by atomic mass is 10.1. The lowest BCUT2D eigenvalue weighted by molar-refractivity contribution is -0.167. The van der Waals surface area contributed by atoms with Crippen LogP contribution in [0.3, 0.4) is 0 Å². The Balaban J connectivity index is 4.43. The van der Waals surface area contributed by atoms with Crippen LogP contribution in [0.25, 0.3) is 0 Å². The van der Waals surface area contributed by atoms with Crippen LogP contribution in [0.15, 0.2) is 122 Å². The first-order valence-corrected chi connectivity index (χ1v) is 32.0. The maximum atomic E-state index is 12.9. The number of carbonyl (C=O) groups is 3. The molecule has 77 heavy (non-hydrogen) atoms. The Bertz CT molecular complexity index is 1600. The van der Waals surface area contributed by atoms with E-state index in [2.05, 4.69) is 142 Å². The summed E-state index contributed by atoms with van der Waals surface area (Å²) in [4.78, 5) is 38.3. The Labute approximate surface area is 475 Å². The largest absolute Gasteiger partial charge is 0.462 e. The summed E-state index contributed by atoms with van der Waals surface area (Å²) in [5, 5.41) is 0. The van der Waals surface area contributed by atoms with E-state index >= 15 is 0 Å². The summed E-state index contributed by atoms with van der Waals surface area (Å²) >= 11 is 0. The van der Waals surface area contributed by atoms with Crippen LogP contribution in [0.2, 0.25) is 0 Å². The number of hydrogen-bond acceptors (Lipinski definition) is 6. The monoisotopic (exact) mass is 1070 g/mol. The molecule has 0 saturated carbocycles. The second kappa shape index (κ2) is 64.3. The van der Waals surface area contributed by atoms with E-state index < -0.39 is 6.10 Å². The average molecular weight is 1070 g/mol. The van der Waals surface area contributed by atoms with Gasteiger partial charge in [-0.1, -0.05) is 258 Å². The predicted molar refractivity (Wildman–Crippen MR) is 334 cm³/mol. The van der Waals surface area contributed by atoms with E-state index in [4.69, 9.17) is 14.2 Å². The van der Waals surface area contributed by atoms with Crippen LogP contribution in [0, 0.1) is 0 Å². The molecule has 6 nitrogen and oxygen atoms in total. The first kappa shape index (κ1) is 72.8. The van der Waals surface area contributed by atoms with Gasteiger partial charge in [-0.15, -0.1) is 0 Å². The quantitative estimate of drug-likeness (QED) is 0.0261. The highest BCUT2D eigenvalue weighted by Gasteiger charge is 2.19. The van der Waals surface area contributed by atoms with Gasteiger partial charge in [-0.2, -0.15) is 0 Å². The van der Waals surface area contributed by atoms with Crippen LogP contribution in [-0.2, 0) is 28.6 Å². The zero-order valence-corrected chi connectivity index (χ0v) is 50.2. The Kier molecular flexibility index (Phi) is 60.8. The van der Waals surface area contributed by atoms with Crippen molar-refractivity contribution in [3.8, 4) is 0 Å². The van der Waals surface area contributed by atoms with E-state index in [1.165, 1.54) is 122 Å². The molecule has 0 aromatic carbocycles. The molecule has 0 aliphatic rings. The summed E-state index contributed by atoms with van der Waals surface area (Å²) in [6.45, 7) is 6.47. The number of ether oxygens (including phenoxy) is 3. The highest BCUT2D eigenvalue weighted by atomic mass is 16.6. The van der Waals surface area contributed by atoms with Gasteiger partial charge in [-0.3, -0.25) is 14.4 Å². The van der Waals surface area contributed by atoms with Gasteiger partial charge < -0.3 is 14.2 Å². The molecule has 0 aliphatic heterocycles. The molecule has 0 heterocycles. The molecule has 1 unspecified atom stereocenters. The zero-order chi connectivity index (χ0) is 55.7. The molecule has 0 spiro atoms. The Morgan fingerprint density at radius 1 is 0.273 bits per heavy atom. The maximum Gasteiger partial charge on any atom is 0.306 e. The number of esters is 3. The van der Waals surface area contributed by atoms with Crippen molar-refractivity contribution in [3.05, 3.63) is 122 Å². The summed E-state index contributed by atoms with van der Waals surface area (Å²) in [5.74, 6) is -0.939. The van der Waals surface area contributed by atoms with Crippen molar-refractivity contribution in [2.75, 3.05) is 13.2 Å². The molecule has 0 aromatic heterocycles. The third-order valence-electron chi connectivity index (χ3n) is 13.4. The fourth-order valence-corrected chi connectivity index (χ4v) is 8.62. The van der Waals surface area contributed by atoms with Crippen molar-refractivity contribution in [1.82, 2.24) is 0 Å². The highest BCUT2D eigenvalue weighted by molar-refractivity contribution is 5.71. The highest BCUT2D eigenvalue weighted by Crippen LogP contribution is 2.15. The molecule has 6 heteroatoms. The topological polar surface area (TPSA) is 78.9 Å². The van der Waals surface area contributed by atoms with Gasteiger partial charge >= 0.3 is 17.9 Å². The van der Waals surface area contributed by atoms with Gasteiger partial charge in [0.25, 0.3) is 0 Å². The third kappa shape index (κ3) is 62.5. The molecule has 438 valence electrons. The van der Waals surface area contributed by atoms with Gasteiger partial charge in [0, 0.05) is 19.3 Å². The van der Waals surface area contributed by atoms with E-state index in [1.54, 1.807) is 0 Å².